The highest BCUT2D eigenvalue weighted by atomic mass is 16.5. The second-order valence-electron chi connectivity index (χ2n) is 9.33. The van der Waals surface area contributed by atoms with Crippen LogP contribution in [0.5, 0.6) is 5.75 Å². The predicted octanol–water partition coefficient (Wildman–Crippen LogP) is 8.67. The topological polar surface area (TPSA) is 33.0 Å². The fourth-order valence-corrected chi connectivity index (χ4v) is 4.84. The highest BCUT2D eigenvalue weighted by Crippen LogP contribution is 2.45. The molecule has 0 radical (unpaired) electrons. The van der Waals surface area contributed by atoms with Gasteiger partial charge in [0.05, 0.1) is 18.1 Å². The normalized spacial score (nSPS) is 20.9. The van der Waals surface area contributed by atoms with E-state index in [1.165, 1.54) is 42.4 Å². The molecule has 1 aliphatic rings. The van der Waals surface area contributed by atoms with Crippen LogP contribution in [0, 0.1) is 16.7 Å². The molecule has 2 aromatic carbocycles. The zero-order valence-corrected chi connectivity index (χ0v) is 19.5. The van der Waals surface area contributed by atoms with Crippen LogP contribution >= 0.6 is 0 Å². The Bertz CT molecular complexity index is 807. The average molecular weight is 418 g/mol. The van der Waals surface area contributed by atoms with Gasteiger partial charge in [-0.3, -0.25) is 0 Å². The summed E-state index contributed by atoms with van der Waals surface area (Å²) < 4.78 is 5.78. The first-order chi connectivity index (χ1) is 15.2. The van der Waals surface area contributed by atoms with Crippen LogP contribution in [-0.4, -0.2) is 6.61 Å². The van der Waals surface area contributed by atoms with Crippen molar-refractivity contribution in [1.82, 2.24) is 0 Å². The number of rotatable bonds is 11. The molecule has 31 heavy (non-hydrogen) atoms. The molecule has 3 rings (SSSR count). The smallest absolute Gasteiger partial charge is 0.119 e. The zero-order chi connectivity index (χ0) is 21.9. The van der Waals surface area contributed by atoms with Gasteiger partial charge in [0.25, 0.3) is 0 Å². The number of hydrogen-bond acceptors (Lipinski definition) is 2. The maximum atomic E-state index is 9.84. The Kier molecular flexibility index (Phi) is 9.01. The van der Waals surface area contributed by atoms with Gasteiger partial charge in [0, 0.05) is 0 Å². The van der Waals surface area contributed by atoms with E-state index in [0.717, 1.165) is 57.3 Å². The predicted molar refractivity (Wildman–Crippen MR) is 130 cm³/mol. The molecule has 0 spiro atoms. The van der Waals surface area contributed by atoms with Crippen molar-refractivity contribution in [1.29, 1.82) is 5.26 Å². The van der Waals surface area contributed by atoms with E-state index < -0.39 is 0 Å². The summed E-state index contributed by atoms with van der Waals surface area (Å²) in [6.45, 7) is 5.21. The number of hydrogen-bond donors (Lipinski definition) is 0. The van der Waals surface area contributed by atoms with Gasteiger partial charge in [0.15, 0.2) is 0 Å². The van der Waals surface area contributed by atoms with Crippen LogP contribution in [0.15, 0.2) is 48.5 Å². The summed E-state index contributed by atoms with van der Waals surface area (Å²) in [6.07, 6.45) is 12.8. The molecule has 0 aliphatic heterocycles. The Morgan fingerprint density at radius 1 is 0.839 bits per heavy atom. The third kappa shape index (κ3) is 6.60. The molecular weight excluding hydrogens is 378 g/mol. The monoisotopic (exact) mass is 417 g/mol. The molecule has 0 saturated heterocycles. The summed E-state index contributed by atoms with van der Waals surface area (Å²) in [7, 11) is 0. The van der Waals surface area contributed by atoms with Crippen LogP contribution in [0.1, 0.15) is 96.0 Å². The van der Waals surface area contributed by atoms with Crippen LogP contribution in [0.4, 0.5) is 0 Å². The maximum absolute atomic E-state index is 9.84. The van der Waals surface area contributed by atoms with E-state index >= 15 is 0 Å². The molecule has 166 valence electrons. The van der Waals surface area contributed by atoms with E-state index in [2.05, 4.69) is 68.4 Å². The first-order valence-electron chi connectivity index (χ1n) is 12.4. The van der Waals surface area contributed by atoms with Crippen molar-refractivity contribution in [3.05, 3.63) is 54.1 Å². The lowest BCUT2D eigenvalue weighted by atomic mass is 9.67. The van der Waals surface area contributed by atoms with E-state index in [1.54, 1.807) is 0 Å². The van der Waals surface area contributed by atoms with E-state index in [1.807, 2.05) is 0 Å². The number of nitrogens with zero attached hydrogens (tertiary/aromatic N) is 1. The Morgan fingerprint density at radius 2 is 1.45 bits per heavy atom. The molecule has 2 nitrogen and oxygen atoms in total. The van der Waals surface area contributed by atoms with Gasteiger partial charge in [-0.1, -0.05) is 82.3 Å². The third-order valence-electron chi connectivity index (χ3n) is 7.03. The first kappa shape index (κ1) is 23.4. The van der Waals surface area contributed by atoms with Gasteiger partial charge < -0.3 is 4.74 Å². The number of ether oxygens (including phenoxy) is 1. The molecule has 0 atom stereocenters. The highest BCUT2D eigenvalue weighted by Gasteiger charge is 2.35. The van der Waals surface area contributed by atoms with E-state index in [-0.39, 0.29) is 5.41 Å². The van der Waals surface area contributed by atoms with Crippen molar-refractivity contribution in [3.63, 3.8) is 0 Å². The largest absolute Gasteiger partial charge is 0.494 e. The quantitative estimate of drug-likeness (QED) is 0.343. The molecule has 2 heteroatoms. The third-order valence-corrected chi connectivity index (χ3v) is 7.03. The van der Waals surface area contributed by atoms with Crippen LogP contribution < -0.4 is 4.74 Å². The fourth-order valence-electron chi connectivity index (χ4n) is 4.84. The molecule has 0 aromatic heterocycles. The summed E-state index contributed by atoms with van der Waals surface area (Å²) in [4.78, 5) is 0. The summed E-state index contributed by atoms with van der Waals surface area (Å²) in [6, 6.07) is 20.2. The van der Waals surface area contributed by atoms with Gasteiger partial charge in [0.2, 0.25) is 0 Å². The molecule has 1 aliphatic carbocycles. The van der Waals surface area contributed by atoms with Crippen molar-refractivity contribution < 1.29 is 4.74 Å². The van der Waals surface area contributed by atoms with Gasteiger partial charge >= 0.3 is 0 Å². The lowest BCUT2D eigenvalue weighted by Crippen LogP contribution is -2.25. The highest BCUT2D eigenvalue weighted by molar-refractivity contribution is 5.64. The lowest BCUT2D eigenvalue weighted by Gasteiger charge is -2.35. The lowest BCUT2D eigenvalue weighted by molar-refractivity contribution is 0.223. The molecular formula is C29H39NO. The summed E-state index contributed by atoms with van der Waals surface area (Å²) in [5.41, 5.74) is 3.85. The van der Waals surface area contributed by atoms with Crippen molar-refractivity contribution in [2.75, 3.05) is 6.61 Å². The van der Waals surface area contributed by atoms with Crippen LogP contribution in [0.25, 0.3) is 11.1 Å². The van der Waals surface area contributed by atoms with E-state index in [4.69, 9.17) is 4.74 Å². The molecule has 0 N–H and O–H groups in total. The second kappa shape index (κ2) is 11.9. The summed E-state index contributed by atoms with van der Waals surface area (Å²) >= 11 is 0. The number of unbranched alkanes of at least 4 members (excludes halogenated alkanes) is 4. The Labute approximate surface area is 189 Å². The molecule has 1 saturated carbocycles. The van der Waals surface area contributed by atoms with Crippen molar-refractivity contribution in [2.24, 2.45) is 5.41 Å². The summed E-state index contributed by atoms with van der Waals surface area (Å²) in [5.74, 6) is 1.55. The van der Waals surface area contributed by atoms with Crippen LogP contribution in [0.2, 0.25) is 0 Å². The van der Waals surface area contributed by atoms with E-state index in [0.29, 0.717) is 5.92 Å². The van der Waals surface area contributed by atoms with Crippen molar-refractivity contribution >= 4 is 0 Å². The Hall–Kier alpha value is -2.27. The van der Waals surface area contributed by atoms with Gasteiger partial charge in [-0.15, -0.1) is 0 Å². The van der Waals surface area contributed by atoms with Crippen LogP contribution in [0.3, 0.4) is 0 Å². The van der Waals surface area contributed by atoms with Crippen LogP contribution in [-0.2, 0) is 0 Å². The van der Waals surface area contributed by atoms with Gasteiger partial charge in [-0.2, -0.15) is 5.26 Å². The minimum absolute atomic E-state index is 0.0644. The number of nitriles is 1. The number of benzene rings is 2. The molecule has 0 heterocycles. The van der Waals surface area contributed by atoms with Gasteiger partial charge in [0.1, 0.15) is 5.75 Å². The van der Waals surface area contributed by atoms with Crippen molar-refractivity contribution in [2.45, 2.75) is 90.4 Å². The minimum Gasteiger partial charge on any atom is -0.494 e. The molecule has 0 amide bonds. The average Bonchev–Trinajstić information content (AvgIpc) is 2.83. The van der Waals surface area contributed by atoms with Gasteiger partial charge in [-0.25, -0.2) is 0 Å². The van der Waals surface area contributed by atoms with Crippen molar-refractivity contribution in [3.8, 4) is 22.9 Å². The van der Waals surface area contributed by atoms with Gasteiger partial charge in [-0.05, 0) is 73.3 Å². The molecule has 1 fully saturated rings. The summed E-state index contributed by atoms with van der Waals surface area (Å²) in [5, 5.41) is 9.84. The minimum atomic E-state index is -0.0644. The Morgan fingerprint density at radius 3 is 2.03 bits per heavy atom. The van der Waals surface area contributed by atoms with E-state index in [9.17, 15) is 5.26 Å². The fraction of sp³-hybridized carbons (Fsp3) is 0.552. The molecule has 0 bridgehead atoms. The SMILES string of the molecule is CCCCCCC1(C#N)CCC(c2ccc(-c3ccc(OCCCC)cc3)cc2)CC1. The second-order valence-corrected chi connectivity index (χ2v) is 9.33. The standard InChI is InChI=1S/C29H39NO/c1-3-5-7-8-19-29(23-30)20-17-27(18-21-29)25-11-9-24(10-12-25)26-13-15-28(16-14-26)31-22-6-4-2/h9-16,27H,3-8,17-22H2,1-2H3. The molecule has 0 unspecified atom stereocenters. The molecule has 2 aromatic rings. The first-order valence-corrected chi connectivity index (χ1v) is 12.4. The maximum Gasteiger partial charge on any atom is 0.119 e. The Balaban J connectivity index is 1.54. The zero-order valence-electron chi connectivity index (χ0n) is 19.5.